The van der Waals surface area contributed by atoms with Gasteiger partial charge in [0.1, 0.15) is 16.9 Å². The molecule has 3 aromatic rings. The van der Waals surface area contributed by atoms with Crippen LogP contribution in [0, 0.1) is 0 Å². The number of carbonyl (C=O) groups is 2. The number of nitrogens with zero attached hydrogens (tertiary/aromatic N) is 1. The number of aryl methyl sites for hydroxylation is 2. The summed E-state index contributed by atoms with van der Waals surface area (Å²) in [5.41, 5.74) is -0.904. The number of aromatic nitrogens is 1. The number of hydrogen-bond donors (Lipinski definition) is 2. The minimum absolute atomic E-state index is 0.230. The lowest BCUT2D eigenvalue weighted by Crippen LogP contribution is -2.41. The number of rotatable bonds is 8. The van der Waals surface area contributed by atoms with E-state index in [4.69, 9.17) is 4.42 Å². The molecule has 2 aromatic heterocycles. The fraction of sp³-hybridized carbons (Fsp3) is 0.261. The Kier molecular flexibility index (Phi) is 7.37. The summed E-state index contributed by atoms with van der Waals surface area (Å²) in [7, 11) is 0. The number of benzene rings is 1. The molecule has 0 aliphatic rings. The van der Waals surface area contributed by atoms with E-state index in [1.165, 1.54) is 16.8 Å². The van der Waals surface area contributed by atoms with Gasteiger partial charge in [0.25, 0.3) is 11.8 Å². The monoisotopic (exact) mass is 461 g/mol. The van der Waals surface area contributed by atoms with E-state index >= 15 is 0 Å². The van der Waals surface area contributed by atoms with Gasteiger partial charge in [0.15, 0.2) is 6.04 Å². The molecule has 10 heteroatoms. The zero-order valence-electron chi connectivity index (χ0n) is 17.7. The Hall–Kier alpha value is -3.82. The van der Waals surface area contributed by atoms with Gasteiger partial charge in [0, 0.05) is 25.5 Å². The SMILES string of the molecule is CCNC(=O)c1cn(CCc2ccccc2)cc(C(=O)N[C@@H](c2ccco2)C(F)(F)F)c1=O. The average Bonchev–Trinajstić information content (AvgIpc) is 3.31. The Labute approximate surface area is 187 Å². The molecule has 0 aliphatic heterocycles. The molecule has 2 amide bonds. The second kappa shape index (κ2) is 10.2. The van der Waals surface area contributed by atoms with Gasteiger partial charge in [-0.2, -0.15) is 13.2 Å². The molecule has 174 valence electrons. The molecule has 2 N–H and O–H groups in total. The Morgan fingerprint density at radius 3 is 2.27 bits per heavy atom. The van der Waals surface area contributed by atoms with Crippen molar-refractivity contribution in [2.45, 2.75) is 32.1 Å². The molecule has 0 spiro atoms. The average molecular weight is 461 g/mol. The Morgan fingerprint density at radius 2 is 1.70 bits per heavy atom. The lowest BCUT2D eigenvalue weighted by molar-refractivity contribution is -0.159. The summed E-state index contributed by atoms with van der Waals surface area (Å²) < 4.78 is 46.9. The maximum absolute atomic E-state index is 13.5. The summed E-state index contributed by atoms with van der Waals surface area (Å²) in [6.07, 6.45) is -0.861. The number of halogens is 3. The van der Waals surface area contributed by atoms with Gasteiger partial charge in [-0.25, -0.2) is 0 Å². The van der Waals surface area contributed by atoms with Crippen molar-refractivity contribution < 1.29 is 27.2 Å². The van der Waals surface area contributed by atoms with Crippen LogP contribution in [0.4, 0.5) is 13.2 Å². The summed E-state index contributed by atoms with van der Waals surface area (Å²) in [5.74, 6) is -2.51. The smallest absolute Gasteiger partial charge is 0.415 e. The minimum Gasteiger partial charge on any atom is -0.467 e. The molecular formula is C23H22F3N3O4. The van der Waals surface area contributed by atoms with E-state index < -0.39 is 40.8 Å². The maximum Gasteiger partial charge on any atom is 0.415 e. The predicted molar refractivity (Wildman–Crippen MR) is 114 cm³/mol. The van der Waals surface area contributed by atoms with Crippen molar-refractivity contribution in [1.82, 2.24) is 15.2 Å². The van der Waals surface area contributed by atoms with Crippen LogP contribution in [-0.4, -0.2) is 29.1 Å². The Morgan fingerprint density at radius 1 is 1.03 bits per heavy atom. The lowest BCUT2D eigenvalue weighted by Gasteiger charge is -2.20. The number of hydrogen-bond acceptors (Lipinski definition) is 4. The topological polar surface area (TPSA) is 93.3 Å². The highest BCUT2D eigenvalue weighted by Crippen LogP contribution is 2.33. The van der Waals surface area contributed by atoms with Crippen LogP contribution >= 0.6 is 0 Å². The third-order valence-corrected chi connectivity index (χ3v) is 4.84. The van der Waals surface area contributed by atoms with Crippen LogP contribution in [0.25, 0.3) is 0 Å². The van der Waals surface area contributed by atoms with Crippen LogP contribution in [0.1, 0.15) is 45.0 Å². The second-order valence-corrected chi connectivity index (χ2v) is 7.21. The predicted octanol–water partition coefficient (Wildman–Crippen LogP) is 3.47. The molecule has 1 atom stereocenters. The van der Waals surface area contributed by atoms with Crippen LogP contribution in [0.15, 0.2) is 70.3 Å². The summed E-state index contributed by atoms with van der Waals surface area (Å²) >= 11 is 0. The van der Waals surface area contributed by atoms with E-state index in [2.05, 4.69) is 5.32 Å². The van der Waals surface area contributed by atoms with Gasteiger partial charge in [0.2, 0.25) is 5.43 Å². The highest BCUT2D eigenvalue weighted by atomic mass is 19.4. The fourth-order valence-corrected chi connectivity index (χ4v) is 3.22. The molecule has 0 bridgehead atoms. The van der Waals surface area contributed by atoms with Crippen LogP contribution in [0.5, 0.6) is 0 Å². The first-order chi connectivity index (χ1) is 15.7. The van der Waals surface area contributed by atoms with Gasteiger partial charge in [-0.1, -0.05) is 30.3 Å². The lowest BCUT2D eigenvalue weighted by atomic mass is 10.1. The summed E-state index contributed by atoms with van der Waals surface area (Å²) in [6.45, 7) is 2.17. The molecule has 0 fully saturated rings. The molecule has 0 radical (unpaired) electrons. The quantitative estimate of drug-likeness (QED) is 0.537. The molecule has 33 heavy (non-hydrogen) atoms. The largest absolute Gasteiger partial charge is 0.467 e. The summed E-state index contributed by atoms with van der Waals surface area (Å²) in [6, 6.07) is 9.21. The number of furan rings is 1. The molecule has 0 saturated heterocycles. The Bertz CT molecular complexity index is 1160. The first-order valence-corrected chi connectivity index (χ1v) is 10.2. The normalized spacial score (nSPS) is 12.2. The van der Waals surface area contributed by atoms with Crippen molar-refractivity contribution in [1.29, 1.82) is 0 Å². The zero-order valence-corrected chi connectivity index (χ0v) is 17.7. The molecule has 2 heterocycles. The highest BCUT2D eigenvalue weighted by molar-refractivity contribution is 5.99. The Balaban J connectivity index is 1.96. The van der Waals surface area contributed by atoms with Crippen LogP contribution in [0.2, 0.25) is 0 Å². The fourth-order valence-electron chi connectivity index (χ4n) is 3.22. The number of carbonyl (C=O) groups excluding carboxylic acids is 2. The van der Waals surface area contributed by atoms with Crippen molar-refractivity contribution in [2.24, 2.45) is 0 Å². The minimum atomic E-state index is -4.86. The molecule has 0 saturated carbocycles. The molecule has 1 aromatic carbocycles. The van der Waals surface area contributed by atoms with Gasteiger partial charge in [-0.15, -0.1) is 0 Å². The van der Waals surface area contributed by atoms with Crippen molar-refractivity contribution in [3.8, 4) is 0 Å². The van der Waals surface area contributed by atoms with Crippen LogP contribution in [-0.2, 0) is 13.0 Å². The van der Waals surface area contributed by atoms with Crippen LogP contribution < -0.4 is 16.1 Å². The van der Waals surface area contributed by atoms with Crippen molar-refractivity contribution in [2.75, 3.05) is 6.54 Å². The number of pyridine rings is 1. The van der Waals surface area contributed by atoms with Crippen LogP contribution in [0.3, 0.4) is 0 Å². The van der Waals surface area contributed by atoms with E-state index in [1.807, 2.05) is 35.6 Å². The van der Waals surface area contributed by atoms with E-state index in [9.17, 15) is 27.6 Å². The standard InChI is InChI=1S/C23H22F3N3O4/c1-2-27-21(31)16-13-29(11-10-15-7-4-3-5-8-15)14-17(19(16)30)22(32)28-20(23(24,25)26)18-9-6-12-33-18/h3-9,12-14,20H,2,10-11H2,1H3,(H,27,31)(H,28,32)/t20-/m0/s1. The molecule has 3 rings (SSSR count). The second-order valence-electron chi connectivity index (χ2n) is 7.21. The molecule has 0 aliphatic carbocycles. The van der Waals surface area contributed by atoms with Gasteiger partial charge in [-0.05, 0) is 31.0 Å². The molecular weight excluding hydrogens is 439 g/mol. The first-order valence-electron chi connectivity index (χ1n) is 10.2. The third kappa shape index (κ3) is 5.91. The van der Waals surface area contributed by atoms with Gasteiger partial charge in [-0.3, -0.25) is 14.4 Å². The van der Waals surface area contributed by atoms with Gasteiger partial charge < -0.3 is 19.6 Å². The number of alkyl halides is 3. The molecule has 0 unspecified atom stereocenters. The van der Waals surface area contributed by atoms with E-state index in [1.54, 1.807) is 6.92 Å². The van der Waals surface area contributed by atoms with Crippen molar-refractivity contribution in [3.05, 3.63) is 93.8 Å². The van der Waals surface area contributed by atoms with E-state index in [-0.39, 0.29) is 18.7 Å². The number of amides is 2. The van der Waals surface area contributed by atoms with Gasteiger partial charge in [0.05, 0.1) is 6.26 Å². The third-order valence-electron chi connectivity index (χ3n) is 4.84. The van der Waals surface area contributed by atoms with E-state index in [0.717, 1.165) is 24.1 Å². The van der Waals surface area contributed by atoms with Crippen molar-refractivity contribution >= 4 is 11.8 Å². The van der Waals surface area contributed by atoms with Crippen molar-refractivity contribution in [3.63, 3.8) is 0 Å². The maximum atomic E-state index is 13.5. The summed E-state index contributed by atoms with van der Waals surface area (Å²) in [4.78, 5) is 38.0. The van der Waals surface area contributed by atoms with E-state index in [0.29, 0.717) is 6.42 Å². The zero-order chi connectivity index (χ0) is 24.0. The van der Waals surface area contributed by atoms with Gasteiger partial charge >= 0.3 is 6.18 Å². The highest BCUT2D eigenvalue weighted by Gasteiger charge is 2.44. The molecule has 7 nitrogen and oxygen atoms in total. The number of nitrogens with one attached hydrogen (secondary N) is 2. The first kappa shape index (κ1) is 23.8. The summed E-state index contributed by atoms with van der Waals surface area (Å²) in [5, 5.41) is 4.29.